The van der Waals surface area contributed by atoms with Gasteiger partial charge in [0, 0.05) is 28.1 Å². The maximum absolute atomic E-state index is 3.40. The topological polar surface area (TPSA) is 0 Å². The average molecular weight is 249 g/mol. The van der Waals surface area contributed by atoms with Gasteiger partial charge in [0.1, 0.15) is 16.1 Å². The minimum Gasteiger partial charge on any atom is -0.0842 e. The smallest absolute Gasteiger partial charge is 0.0842 e. The van der Waals surface area contributed by atoms with Gasteiger partial charge in [0.15, 0.2) is 0 Å². The molecule has 0 N–H and O–H groups in total. The maximum Gasteiger partial charge on any atom is 0.141 e. The Kier molecular flexibility index (Phi) is 2.65. The van der Waals surface area contributed by atoms with E-state index in [9.17, 15) is 0 Å². The molecular formula is C7H5Br2+. The summed E-state index contributed by atoms with van der Waals surface area (Å²) in [6.45, 7) is 0. The number of alkyl halides is 1. The molecule has 0 nitrogen and oxygen atoms in total. The summed E-state index contributed by atoms with van der Waals surface area (Å²) in [6.07, 6.45) is 8.96. The SMILES string of the molecule is BrCC1=[C+]C=CC=C1Br. The molecule has 0 atom stereocenters. The molecule has 0 saturated carbocycles. The van der Waals surface area contributed by atoms with E-state index >= 15 is 0 Å². The van der Waals surface area contributed by atoms with E-state index in [1.54, 1.807) is 0 Å². The lowest BCUT2D eigenvalue weighted by Crippen LogP contribution is -1.85. The van der Waals surface area contributed by atoms with Crippen LogP contribution in [0.4, 0.5) is 0 Å². The van der Waals surface area contributed by atoms with Crippen LogP contribution in [0.15, 0.2) is 28.3 Å². The summed E-state index contributed by atoms with van der Waals surface area (Å²) in [4.78, 5) is 0. The Morgan fingerprint density at radius 2 is 2.33 bits per heavy atom. The summed E-state index contributed by atoms with van der Waals surface area (Å²) < 4.78 is 1.11. The van der Waals surface area contributed by atoms with Crippen LogP contribution in [0.25, 0.3) is 0 Å². The van der Waals surface area contributed by atoms with Crippen molar-refractivity contribution in [1.82, 2.24) is 0 Å². The molecule has 0 amide bonds. The van der Waals surface area contributed by atoms with Crippen molar-refractivity contribution in [3.63, 3.8) is 0 Å². The number of allylic oxidation sites excluding steroid dienone is 6. The van der Waals surface area contributed by atoms with E-state index in [1.165, 1.54) is 0 Å². The molecule has 1 aliphatic rings. The van der Waals surface area contributed by atoms with Gasteiger partial charge < -0.3 is 0 Å². The summed E-state index contributed by atoms with van der Waals surface area (Å²) in [5, 5.41) is 0.856. The highest BCUT2D eigenvalue weighted by Crippen LogP contribution is 2.21. The fraction of sp³-hybridized carbons (Fsp3) is 0.143. The van der Waals surface area contributed by atoms with Crippen molar-refractivity contribution >= 4 is 31.9 Å². The zero-order chi connectivity index (χ0) is 6.69. The molecule has 0 saturated heterocycles. The summed E-state index contributed by atoms with van der Waals surface area (Å²) in [6, 6.07) is 0. The Labute approximate surface area is 71.6 Å². The molecular weight excluding hydrogens is 244 g/mol. The molecule has 0 aliphatic heterocycles. The molecule has 0 spiro atoms. The highest BCUT2D eigenvalue weighted by molar-refractivity contribution is 9.12. The summed E-state index contributed by atoms with van der Waals surface area (Å²) in [5.41, 5.74) is 1.16. The first-order valence-electron chi connectivity index (χ1n) is 2.55. The van der Waals surface area contributed by atoms with Gasteiger partial charge in [-0.05, 0) is 0 Å². The fourth-order valence-electron chi connectivity index (χ4n) is 0.553. The first-order chi connectivity index (χ1) is 4.34. The molecule has 46 valence electrons. The highest BCUT2D eigenvalue weighted by atomic mass is 79.9. The van der Waals surface area contributed by atoms with Gasteiger partial charge in [0.25, 0.3) is 0 Å². The zero-order valence-corrected chi connectivity index (χ0v) is 7.87. The molecule has 9 heavy (non-hydrogen) atoms. The fourth-order valence-corrected chi connectivity index (χ4v) is 1.80. The normalized spacial score (nSPS) is 16.2. The van der Waals surface area contributed by atoms with Gasteiger partial charge in [-0.25, -0.2) is 0 Å². The van der Waals surface area contributed by atoms with E-state index in [0.717, 1.165) is 15.4 Å². The summed E-state index contributed by atoms with van der Waals surface area (Å²) in [7, 11) is 0. The third-order valence-corrected chi connectivity index (χ3v) is 2.32. The van der Waals surface area contributed by atoms with E-state index in [2.05, 4.69) is 37.9 Å². The van der Waals surface area contributed by atoms with Crippen molar-refractivity contribution in [3.05, 3.63) is 34.4 Å². The van der Waals surface area contributed by atoms with Crippen molar-refractivity contribution in [2.75, 3.05) is 5.33 Å². The van der Waals surface area contributed by atoms with Crippen LogP contribution in [0.5, 0.6) is 0 Å². The van der Waals surface area contributed by atoms with Gasteiger partial charge in [-0.1, -0.05) is 15.9 Å². The van der Waals surface area contributed by atoms with Gasteiger partial charge in [-0.15, -0.1) is 0 Å². The molecule has 1 aliphatic carbocycles. The van der Waals surface area contributed by atoms with Crippen LogP contribution in [0.3, 0.4) is 0 Å². The van der Waals surface area contributed by atoms with Gasteiger partial charge in [0.05, 0.1) is 11.4 Å². The van der Waals surface area contributed by atoms with E-state index < -0.39 is 0 Å². The lowest BCUT2D eigenvalue weighted by molar-refractivity contribution is 1.48. The molecule has 0 fully saturated rings. The lowest BCUT2D eigenvalue weighted by Gasteiger charge is -1.90. The van der Waals surface area contributed by atoms with Crippen molar-refractivity contribution in [3.8, 4) is 0 Å². The van der Waals surface area contributed by atoms with E-state index in [1.807, 2.05) is 18.2 Å². The van der Waals surface area contributed by atoms with E-state index in [0.29, 0.717) is 0 Å². The van der Waals surface area contributed by atoms with Crippen LogP contribution >= 0.6 is 31.9 Å². The van der Waals surface area contributed by atoms with Crippen molar-refractivity contribution in [2.45, 2.75) is 0 Å². The molecule has 2 heteroatoms. The minimum atomic E-state index is 0.856. The second kappa shape index (κ2) is 3.31. The zero-order valence-electron chi connectivity index (χ0n) is 4.70. The summed E-state index contributed by atoms with van der Waals surface area (Å²) in [5.74, 6) is 0. The maximum atomic E-state index is 3.40. The van der Waals surface area contributed by atoms with E-state index in [-0.39, 0.29) is 0 Å². The number of hydrogen-bond acceptors (Lipinski definition) is 0. The molecule has 0 aromatic carbocycles. The average Bonchev–Trinajstić information content (AvgIpc) is 1.89. The number of hydrogen-bond donors (Lipinski definition) is 0. The van der Waals surface area contributed by atoms with Gasteiger partial charge in [0.2, 0.25) is 0 Å². The van der Waals surface area contributed by atoms with Gasteiger partial charge >= 0.3 is 0 Å². The summed E-state index contributed by atoms with van der Waals surface area (Å²) >= 11 is 6.74. The Hall–Kier alpha value is 0.0900. The first-order valence-corrected chi connectivity index (χ1v) is 4.47. The Bertz CT molecular complexity index is 187. The predicted octanol–water partition coefficient (Wildman–Crippen LogP) is 2.96. The van der Waals surface area contributed by atoms with Crippen molar-refractivity contribution in [2.24, 2.45) is 0 Å². The molecule has 0 aromatic heterocycles. The second-order valence-corrected chi connectivity index (χ2v) is 3.05. The quantitative estimate of drug-likeness (QED) is 0.495. The Morgan fingerprint density at radius 3 is 2.78 bits per heavy atom. The van der Waals surface area contributed by atoms with Crippen molar-refractivity contribution < 1.29 is 0 Å². The molecule has 0 heterocycles. The molecule has 0 bridgehead atoms. The van der Waals surface area contributed by atoms with Gasteiger partial charge in [-0.2, -0.15) is 0 Å². The first kappa shape index (κ1) is 7.20. The molecule has 0 aromatic rings. The lowest BCUT2D eigenvalue weighted by atomic mass is 10.2. The van der Waals surface area contributed by atoms with E-state index in [4.69, 9.17) is 0 Å². The molecule has 1 rings (SSSR count). The number of rotatable bonds is 1. The molecule has 0 unspecified atom stereocenters. The van der Waals surface area contributed by atoms with Crippen LogP contribution in [0, 0.1) is 6.08 Å². The Morgan fingerprint density at radius 1 is 1.56 bits per heavy atom. The second-order valence-electron chi connectivity index (χ2n) is 1.63. The minimum absolute atomic E-state index is 0.856. The molecule has 0 radical (unpaired) electrons. The van der Waals surface area contributed by atoms with Crippen LogP contribution in [0.2, 0.25) is 0 Å². The third-order valence-electron chi connectivity index (χ3n) is 1.02. The third kappa shape index (κ3) is 1.75. The van der Waals surface area contributed by atoms with Crippen molar-refractivity contribution in [1.29, 1.82) is 0 Å². The van der Waals surface area contributed by atoms with Crippen LogP contribution in [-0.2, 0) is 0 Å². The van der Waals surface area contributed by atoms with Crippen LogP contribution in [-0.4, -0.2) is 5.33 Å². The van der Waals surface area contributed by atoms with Crippen LogP contribution < -0.4 is 0 Å². The Balaban J connectivity index is 2.83. The largest absolute Gasteiger partial charge is 0.141 e. The predicted molar refractivity (Wildman–Crippen MR) is 46.7 cm³/mol. The van der Waals surface area contributed by atoms with Gasteiger partial charge in [-0.3, -0.25) is 0 Å². The standard InChI is InChI=1S/C7H5Br2/c8-5-6-3-1-2-4-7(6)9/h1-2,4H,5H2/q+1. The van der Waals surface area contributed by atoms with Crippen LogP contribution in [0.1, 0.15) is 0 Å². The monoisotopic (exact) mass is 247 g/mol. The highest BCUT2D eigenvalue weighted by Gasteiger charge is 2.10. The number of halogens is 2.